The molecule has 1 saturated heterocycles. The maximum atomic E-state index is 12.4. The van der Waals surface area contributed by atoms with Gasteiger partial charge in [0.25, 0.3) is 5.91 Å². The molecule has 0 saturated carbocycles. The fourth-order valence-corrected chi connectivity index (χ4v) is 3.73. The molecule has 0 spiro atoms. The Morgan fingerprint density at radius 1 is 1.26 bits per heavy atom. The van der Waals surface area contributed by atoms with Gasteiger partial charge in [-0.25, -0.2) is 9.79 Å². The first-order valence-corrected chi connectivity index (χ1v) is 10.3. The van der Waals surface area contributed by atoms with Crippen molar-refractivity contribution in [2.75, 3.05) is 20.3 Å². The number of halogens is 1. The van der Waals surface area contributed by atoms with E-state index < -0.39 is 12.6 Å². The van der Waals surface area contributed by atoms with E-state index in [0.29, 0.717) is 39.4 Å². The number of methoxy groups -OCH3 is 1. The lowest BCUT2D eigenvalue weighted by Crippen LogP contribution is -2.19. The Bertz CT molecular complexity index is 1050. The fourth-order valence-electron chi connectivity index (χ4n) is 2.61. The number of benzene rings is 2. The minimum atomic E-state index is -1.13. The van der Waals surface area contributed by atoms with Crippen molar-refractivity contribution in [1.82, 2.24) is 5.32 Å². The third-order valence-corrected chi connectivity index (χ3v) is 5.11. The Morgan fingerprint density at radius 2 is 2.00 bits per heavy atom. The van der Waals surface area contributed by atoms with E-state index in [0.717, 1.165) is 0 Å². The molecule has 31 heavy (non-hydrogen) atoms. The number of nitrogens with zero attached hydrogens (tertiary/aromatic N) is 1. The molecule has 162 valence electrons. The summed E-state index contributed by atoms with van der Waals surface area (Å²) in [6.45, 7) is 1.56. The number of carboxylic acids is 1. The molecule has 2 aromatic rings. The van der Waals surface area contributed by atoms with Gasteiger partial charge in [-0.15, -0.1) is 0 Å². The smallest absolute Gasteiger partial charge is 0.341 e. The number of amides is 1. The van der Waals surface area contributed by atoms with Gasteiger partial charge in [0.2, 0.25) is 0 Å². The molecule has 0 aliphatic carbocycles. The summed E-state index contributed by atoms with van der Waals surface area (Å²) in [6.07, 6.45) is 1.64. The van der Waals surface area contributed by atoms with E-state index in [-0.39, 0.29) is 16.7 Å². The SMILES string of the molecule is CCOc1cc(/C=C2/SC(=Nc3ccc(OC)cc3)NC2=O)cc(Cl)c1OCC(=O)O. The number of aliphatic carboxylic acids is 1. The number of amidine groups is 1. The molecule has 1 aliphatic heterocycles. The average molecular weight is 463 g/mol. The van der Waals surface area contributed by atoms with E-state index in [1.807, 2.05) is 0 Å². The number of aliphatic imine (C=N–C) groups is 1. The van der Waals surface area contributed by atoms with Crippen molar-refractivity contribution in [1.29, 1.82) is 0 Å². The number of carbonyl (C=O) groups excluding carboxylic acids is 1. The predicted octanol–water partition coefficient (Wildman–Crippen LogP) is 4.10. The Kier molecular flexibility index (Phi) is 7.43. The molecular formula is C21H19ClN2O6S. The van der Waals surface area contributed by atoms with Crippen molar-refractivity contribution in [2.24, 2.45) is 4.99 Å². The maximum absolute atomic E-state index is 12.4. The van der Waals surface area contributed by atoms with Crippen LogP contribution in [0.4, 0.5) is 5.69 Å². The summed E-state index contributed by atoms with van der Waals surface area (Å²) >= 11 is 7.46. The van der Waals surface area contributed by atoms with Crippen LogP contribution >= 0.6 is 23.4 Å². The maximum Gasteiger partial charge on any atom is 0.341 e. The molecule has 0 aromatic heterocycles. The molecule has 1 aliphatic rings. The van der Waals surface area contributed by atoms with Crippen LogP contribution in [0.5, 0.6) is 17.2 Å². The van der Waals surface area contributed by atoms with Gasteiger partial charge in [-0.3, -0.25) is 4.79 Å². The molecule has 1 fully saturated rings. The van der Waals surface area contributed by atoms with Crippen LogP contribution < -0.4 is 19.5 Å². The quantitative estimate of drug-likeness (QED) is 0.568. The number of rotatable bonds is 8. The molecule has 2 aromatic carbocycles. The summed E-state index contributed by atoms with van der Waals surface area (Å²) in [5.74, 6) is -0.285. The number of ether oxygens (including phenoxy) is 3. The normalized spacial score (nSPS) is 15.8. The van der Waals surface area contributed by atoms with Crippen LogP contribution in [0.15, 0.2) is 46.3 Å². The molecule has 0 unspecified atom stereocenters. The van der Waals surface area contributed by atoms with Crippen molar-refractivity contribution in [3.63, 3.8) is 0 Å². The molecule has 2 N–H and O–H groups in total. The van der Waals surface area contributed by atoms with Gasteiger partial charge >= 0.3 is 5.97 Å². The molecule has 1 amide bonds. The summed E-state index contributed by atoms with van der Waals surface area (Å²) in [4.78, 5) is 28.0. The summed E-state index contributed by atoms with van der Waals surface area (Å²) in [5.41, 5.74) is 1.27. The average Bonchev–Trinajstić information content (AvgIpc) is 3.06. The van der Waals surface area contributed by atoms with Crippen molar-refractivity contribution >= 4 is 52.2 Å². The van der Waals surface area contributed by atoms with Gasteiger partial charge < -0.3 is 24.6 Å². The Labute approximate surface area is 187 Å². The first-order chi connectivity index (χ1) is 14.9. The number of hydrogen-bond donors (Lipinski definition) is 2. The third-order valence-electron chi connectivity index (χ3n) is 3.92. The van der Waals surface area contributed by atoms with E-state index in [4.69, 9.17) is 30.9 Å². The molecular weight excluding hydrogens is 444 g/mol. The summed E-state index contributed by atoms with van der Waals surface area (Å²) in [5, 5.41) is 12.2. The van der Waals surface area contributed by atoms with Crippen molar-refractivity contribution in [3.8, 4) is 17.2 Å². The number of nitrogens with one attached hydrogen (secondary N) is 1. The van der Waals surface area contributed by atoms with E-state index >= 15 is 0 Å². The second-order valence-electron chi connectivity index (χ2n) is 6.13. The first kappa shape index (κ1) is 22.5. The van der Waals surface area contributed by atoms with Gasteiger partial charge in [-0.2, -0.15) is 0 Å². The van der Waals surface area contributed by atoms with E-state index in [1.54, 1.807) is 56.5 Å². The summed E-state index contributed by atoms with van der Waals surface area (Å²) in [6, 6.07) is 10.3. The lowest BCUT2D eigenvalue weighted by Gasteiger charge is -2.13. The molecule has 0 radical (unpaired) electrons. The second kappa shape index (κ2) is 10.2. The zero-order valence-electron chi connectivity index (χ0n) is 16.7. The monoisotopic (exact) mass is 462 g/mol. The summed E-state index contributed by atoms with van der Waals surface area (Å²) < 4.78 is 15.9. The van der Waals surface area contributed by atoms with E-state index in [9.17, 15) is 9.59 Å². The Hall–Kier alpha value is -3.17. The van der Waals surface area contributed by atoms with Crippen LogP contribution in [-0.2, 0) is 9.59 Å². The van der Waals surface area contributed by atoms with Crippen LogP contribution in [0.3, 0.4) is 0 Å². The number of thioether (sulfide) groups is 1. The largest absolute Gasteiger partial charge is 0.497 e. The highest BCUT2D eigenvalue weighted by atomic mass is 35.5. The minimum absolute atomic E-state index is 0.137. The highest BCUT2D eigenvalue weighted by molar-refractivity contribution is 8.18. The number of carboxylic acid groups (broad SMARTS) is 1. The van der Waals surface area contributed by atoms with Gasteiger partial charge in [-0.1, -0.05) is 11.6 Å². The van der Waals surface area contributed by atoms with Gasteiger partial charge in [-0.05, 0) is 66.7 Å². The summed E-state index contributed by atoms with van der Waals surface area (Å²) in [7, 11) is 1.58. The van der Waals surface area contributed by atoms with Crippen molar-refractivity contribution in [3.05, 3.63) is 51.9 Å². The third kappa shape index (κ3) is 5.93. The first-order valence-electron chi connectivity index (χ1n) is 9.14. The number of carbonyl (C=O) groups is 2. The highest BCUT2D eigenvalue weighted by Gasteiger charge is 2.24. The lowest BCUT2D eigenvalue weighted by molar-refractivity contribution is -0.139. The second-order valence-corrected chi connectivity index (χ2v) is 7.56. The van der Waals surface area contributed by atoms with E-state index in [1.165, 1.54) is 11.8 Å². The molecule has 3 rings (SSSR count). The minimum Gasteiger partial charge on any atom is -0.497 e. The van der Waals surface area contributed by atoms with Gasteiger partial charge in [0.05, 0.1) is 29.3 Å². The molecule has 8 nitrogen and oxygen atoms in total. The number of hydrogen-bond acceptors (Lipinski definition) is 7. The van der Waals surface area contributed by atoms with Crippen LogP contribution in [0.2, 0.25) is 5.02 Å². The predicted molar refractivity (Wildman–Crippen MR) is 120 cm³/mol. The van der Waals surface area contributed by atoms with Gasteiger partial charge in [0.15, 0.2) is 23.3 Å². The zero-order valence-corrected chi connectivity index (χ0v) is 18.2. The Morgan fingerprint density at radius 3 is 2.65 bits per heavy atom. The van der Waals surface area contributed by atoms with E-state index in [2.05, 4.69) is 10.3 Å². The lowest BCUT2D eigenvalue weighted by atomic mass is 10.2. The Balaban J connectivity index is 1.83. The highest BCUT2D eigenvalue weighted by Crippen LogP contribution is 2.38. The van der Waals surface area contributed by atoms with Gasteiger partial charge in [0.1, 0.15) is 5.75 Å². The van der Waals surface area contributed by atoms with Crippen LogP contribution in [0.25, 0.3) is 6.08 Å². The standard InChI is InChI=1S/C21H19ClN2O6S/c1-3-29-16-9-12(8-15(22)19(16)30-11-18(25)26)10-17-20(27)24-21(31-17)23-13-4-6-14(28-2)7-5-13/h4-10H,3,11H2,1-2H3,(H,25,26)(H,23,24,27)/b17-10+. The molecule has 0 atom stereocenters. The van der Waals surface area contributed by atoms with Crippen molar-refractivity contribution < 1.29 is 28.9 Å². The zero-order chi connectivity index (χ0) is 22.4. The van der Waals surface area contributed by atoms with Crippen LogP contribution in [0, 0.1) is 0 Å². The van der Waals surface area contributed by atoms with Crippen LogP contribution in [0.1, 0.15) is 12.5 Å². The fraction of sp³-hybridized carbons (Fsp3) is 0.190. The topological polar surface area (TPSA) is 106 Å². The molecule has 1 heterocycles. The molecule has 10 heteroatoms. The molecule has 0 bridgehead atoms. The van der Waals surface area contributed by atoms with Gasteiger partial charge in [0, 0.05) is 0 Å². The van der Waals surface area contributed by atoms with Crippen LogP contribution in [-0.4, -0.2) is 42.5 Å². The van der Waals surface area contributed by atoms with Crippen molar-refractivity contribution in [2.45, 2.75) is 6.92 Å².